The summed E-state index contributed by atoms with van der Waals surface area (Å²) in [6.07, 6.45) is 10.7. The molecule has 4 saturated carbocycles. The minimum Gasteiger partial charge on any atom is -0.481 e. The van der Waals surface area contributed by atoms with Crippen LogP contribution in [0.2, 0.25) is 0 Å². The van der Waals surface area contributed by atoms with E-state index in [1.54, 1.807) is 20.0 Å². The van der Waals surface area contributed by atoms with Crippen molar-refractivity contribution in [3.05, 3.63) is 47.8 Å². The Morgan fingerprint density at radius 3 is 2.34 bits per heavy atom. The topological polar surface area (TPSA) is 123 Å². The third-order valence-electron chi connectivity index (χ3n) is 16.2. The van der Waals surface area contributed by atoms with Crippen molar-refractivity contribution in [1.29, 1.82) is 0 Å². The summed E-state index contributed by atoms with van der Waals surface area (Å²) in [6, 6.07) is 7.96. The molecule has 2 N–H and O–H groups in total. The fourth-order valence-electron chi connectivity index (χ4n) is 13.2. The number of carbonyl (C=O) groups is 4. The van der Waals surface area contributed by atoms with Crippen LogP contribution in [-0.4, -0.2) is 39.8 Å². The number of amides is 1. The first-order chi connectivity index (χ1) is 24.7. The van der Waals surface area contributed by atoms with E-state index in [4.69, 9.17) is 4.74 Å². The van der Waals surface area contributed by atoms with Crippen LogP contribution in [0.3, 0.4) is 0 Å². The van der Waals surface area contributed by atoms with E-state index in [2.05, 4.69) is 58.8 Å². The second-order valence-corrected chi connectivity index (χ2v) is 19.8. The Labute approximate surface area is 315 Å². The summed E-state index contributed by atoms with van der Waals surface area (Å²) in [7, 11) is 0. The number of benzene rings is 1. The van der Waals surface area contributed by atoms with Crippen LogP contribution in [0.4, 0.5) is 5.69 Å². The second kappa shape index (κ2) is 12.5. The first-order valence-electron chi connectivity index (χ1n) is 20.1. The number of hydrogen-bond donors (Lipinski definition) is 2. The van der Waals surface area contributed by atoms with E-state index in [-0.39, 0.29) is 64.1 Å². The SMILES string of the molecule is CC(C)C1=C2[C@H]3CC[C@@H]4[C@@]5(C)CC[C@H](OC(=O)CC(C)(C)C(=O)O)C(C)(C)[C@@H]5CC[C@@]4(C)[C@]3(C)CC[C@@]2(C(=O)Nc2cncc3ccccc23)CC1=O. The van der Waals surface area contributed by atoms with E-state index in [0.29, 0.717) is 23.9 Å². The summed E-state index contributed by atoms with van der Waals surface area (Å²) in [5.74, 6) is -0.404. The summed E-state index contributed by atoms with van der Waals surface area (Å²) < 4.78 is 6.16. The van der Waals surface area contributed by atoms with Gasteiger partial charge >= 0.3 is 11.9 Å². The highest BCUT2D eigenvalue weighted by molar-refractivity contribution is 6.11. The fraction of sp³-hybridized carbons (Fsp3) is 0.667. The van der Waals surface area contributed by atoms with Crippen LogP contribution >= 0.6 is 0 Å². The molecule has 4 fully saturated rings. The molecule has 1 heterocycles. The molecule has 0 radical (unpaired) electrons. The minimum absolute atomic E-state index is 0.00477. The van der Waals surface area contributed by atoms with Crippen LogP contribution < -0.4 is 5.32 Å². The number of carboxylic acid groups (broad SMARTS) is 1. The van der Waals surface area contributed by atoms with Gasteiger partial charge in [0.05, 0.1) is 29.1 Å². The van der Waals surface area contributed by atoms with Crippen molar-refractivity contribution >= 4 is 40.1 Å². The zero-order valence-electron chi connectivity index (χ0n) is 33.4. The Bertz CT molecular complexity index is 1910. The summed E-state index contributed by atoms with van der Waals surface area (Å²) in [5, 5.41) is 14.8. The van der Waals surface area contributed by atoms with Crippen molar-refractivity contribution in [2.75, 3.05) is 5.32 Å². The number of aromatic nitrogens is 1. The largest absolute Gasteiger partial charge is 0.481 e. The van der Waals surface area contributed by atoms with Crippen LogP contribution in [0.1, 0.15) is 127 Å². The number of ether oxygens (including phenoxy) is 1. The highest BCUT2D eigenvalue weighted by atomic mass is 16.5. The second-order valence-electron chi connectivity index (χ2n) is 19.8. The molecule has 0 bridgehead atoms. The van der Waals surface area contributed by atoms with E-state index >= 15 is 0 Å². The molecular formula is C45H60N2O6. The van der Waals surface area contributed by atoms with Crippen LogP contribution in [0.5, 0.6) is 0 Å². The van der Waals surface area contributed by atoms with Gasteiger partial charge in [-0.05, 0) is 116 Å². The lowest BCUT2D eigenvalue weighted by Crippen LogP contribution is -2.66. The fourth-order valence-corrected chi connectivity index (χ4v) is 13.2. The number of pyridine rings is 1. The van der Waals surface area contributed by atoms with Gasteiger partial charge in [0.1, 0.15) is 6.10 Å². The maximum atomic E-state index is 14.8. The van der Waals surface area contributed by atoms with Crippen LogP contribution in [0.25, 0.3) is 10.8 Å². The number of fused-ring (bicyclic) bond motifs is 8. The standard InChI is InChI=1S/C45H60N2O6/c1-26(2)36-31(48)22-45(38(50)47-30-25-46-24-27-12-10-11-13-28(27)30)21-20-43(8)29(37(36)45)14-15-33-42(7)18-17-34(53-35(49)23-40(3,4)39(51)52)41(5,6)32(42)16-19-44(33,43)9/h10-13,24-26,29,32-34H,14-23H2,1-9H3,(H,47,50)(H,51,52)/t29-,32+,33-,34+,42+,43-,44-,45-/m1/s1. The van der Waals surface area contributed by atoms with E-state index in [1.807, 2.05) is 30.5 Å². The average Bonchev–Trinajstić information content (AvgIpc) is 3.39. The van der Waals surface area contributed by atoms with Crippen LogP contribution in [-0.2, 0) is 23.9 Å². The number of ketones is 1. The Balaban J connectivity index is 1.20. The zero-order chi connectivity index (χ0) is 38.5. The molecule has 0 unspecified atom stereocenters. The van der Waals surface area contributed by atoms with Crippen molar-refractivity contribution in [2.24, 2.45) is 56.2 Å². The summed E-state index contributed by atoms with van der Waals surface area (Å²) >= 11 is 0. The molecule has 0 aliphatic heterocycles. The van der Waals surface area contributed by atoms with E-state index in [1.165, 1.54) is 0 Å². The lowest BCUT2D eigenvalue weighted by molar-refractivity contribution is -0.233. The van der Waals surface area contributed by atoms with Gasteiger partial charge in [0.2, 0.25) is 5.91 Å². The molecule has 0 spiro atoms. The number of nitrogens with zero attached hydrogens (tertiary/aromatic N) is 1. The number of allylic oxidation sites excluding steroid dienone is 1. The van der Waals surface area contributed by atoms with Gasteiger partial charge in [-0.25, -0.2) is 0 Å². The highest BCUT2D eigenvalue weighted by Crippen LogP contribution is 2.76. The molecule has 7 rings (SSSR count). The molecule has 1 amide bonds. The maximum Gasteiger partial charge on any atom is 0.309 e. The third-order valence-corrected chi connectivity index (χ3v) is 16.2. The smallest absolute Gasteiger partial charge is 0.309 e. The Hall–Kier alpha value is -3.55. The average molecular weight is 725 g/mol. The van der Waals surface area contributed by atoms with Crippen molar-refractivity contribution in [2.45, 2.75) is 133 Å². The quantitative estimate of drug-likeness (QED) is 0.273. The van der Waals surface area contributed by atoms with Gasteiger partial charge in [0.15, 0.2) is 5.78 Å². The van der Waals surface area contributed by atoms with Crippen molar-refractivity contribution in [1.82, 2.24) is 4.98 Å². The van der Waals surface area contributed by atoms with Crippen LogP contribution in [0.15, 0.2) is 47.8 Å². The van der Waals surface area contributed by atoms with Crippen molar-refractivity contribution in [3.63, 3.8) is 0 Å². The lowest BCUT2D eigenvalue weighted by atomic mass is 9.33. The predicted octanol–water partition coefficient (Wildman–Crippen LogP) is 9.57. The molecule has 1 aromatic heterocycles. The highest BCUT2D eigenvalue weighted by Gasteiger charge is 2.71. The van der Waals surface area contributed by atoms with Gasteiger partial charge in [0.25, 0.3) is 0 Å². The minimum atomic E-state index is -1.18. The number of anilines is 1. The van der Waals surface area contributed by atoms with Gasteiger partial charge in [-0.3, -0.25) is 24.2 Å². The van der Waals surface area contributed by atoms with E-state index < -0.39 is 22.8 Å². The van der Waals surface area contributed by atoms with E-state index in [9.17, 15) is 24.3 Å². The monoisotopic (exact) mass is 724 g/mol. The molecule has 5 aliphatic carbocycles. The van der Waals surface area contributed by atoms with Gasteiger partial charge in [-0.2, -0.15) is 0 Å². The molecule has 8 atom stereocenters. The number of nitrogens with one attached hydrogen (secondary N) is 1. The molecule has 0 saturated heterocycles. The number of aliphatic carboxylic acids is 1. The van der Waals surface area contributed by atoms with Crippen molar-refractivity contribution < 1.29 is 29.0 Å². The maximum absolute atomic E-state index is 14.8. The zero-order valence-corrected chi connectivity index (χ0v) is 33.4. The Morgan fingerprint density at radius 1 is 0.925 bits per heavy atom. The molecule has 2 aromatic rings. The summed E-state index contributed by atoms with van der Waals surface area (Å²) in [4.78, 5) is 58.2. The molecule has 8 heteroatoms. The molecule has 53 heavy (non-hydrogen) atoms. The molecular weight excluding hydrogens is 665 g/mol. The van der Waals surface area contributed by atoms with Gasteiger partial charge in [0, 0.05) is 28.8 Å². The van der Waals surface area contributed by atoms with Crippen molar-refractivity contribution in [3.8, 4) is 0 Å². The Morgan fingerprint density at radius 2 is 1.64 bits per heavy atom. The van der Waals surface area contributed by atoms with Crippen LogP contribution in [0, 0.1) is 56.2 Å². The van der Waals surface area contributed by atoms with E-state index in [0.717, 1.165) is 66.9 Å². The number of rotatable bonds is 7. The summed E-state index contributed by atoms with van der Waals surface area (Å²) in [6.45, 7) is 19.4. The molecule has 8 nitrogen and oxygen atoms in total. The predicted molar refractivity (Wildman–Crippen MR) is 206 cm³/mol. The number of carbonyl (C=O) groups excluding carboxylic acids is 3. The van der Waals surface area contributed by atoms with Gasteiger partial charge in [-0.15, -0.1) is 0 Å². The normalized spacial score (nSPS) is 36.3. The molecule has 5 aliphatic rings. The lowest BCUT2D eigenvalue weighted by Gasteiger charge is -2.72. The summed E-state index contributed by atoms with van der Waals surface area (Å²) in [5.41, 5.74) is 0.342. The van der Waals surface area contributed by atoms with Gasteiger partial charge < -0.3 is 15.2 Å². The number of esters is 1. The molecule has 286 valence electrons. The first kappa shape index (κ1) is 37.8. The first-order valence-corrected chi connectivity index (χ1v) is 20.1. The number of hydrogen-bond acceptors (Lipinski definition) is 6. The van der Waals surface area contributed by atoms with Gasteiger partial charge in [-0.1, -0.05) is 72.7 Å². The number of carboxylic acids is 1. The Kier molecular flexibility index (Phi) is 8.90. The number of Topliss-reactive ketones (excluding diaryl/α,β-unsaturated/α-hetero) is 1. The molecule has 1 aromatic carbocycles. The third kappa shape index (κ3) is 5.45.